The van der Waals surface area contributed by atoms with Crippen molar-refractivity contribution < 1.29 is 18.5 Å². The number of benzene rings is 1. The fraction of sp³-hybridized carbons (Fsp3) is 0.812. The quantitative estimate of drug-likeness (QED) is 0.0846. The topological polar surface area (TPSA) is 66.2 Å². The van der Waals surface area contributed by atoms with E-state index in [4.69, 9.17) is 24.3 Å². The van der Waals surface area contributed by atoms with E-state index in [9.17, 15) is 0 Å². The van der Waals surface area contributed by atoms with Gasteiger partial charge in [0.15, 0.2) is 0 Å². The summed E-state index contributed by atoms with van der Waals surface area (Å²) < 4.78 is 27.6. The van der Waals surface area contributed by atoms with Crippen LogP contribution in [-0.4, -0.2) is 55.8 Å². The van der Waals surface area contributed by atoms with Gasteiger partial charge in [0.1, 0.15) is 6.10 Å². The molecule has 39 heavy (non-hydrogen) atoms. The van der Waals surface area contributed by atoms with Gasteiger partial charge in [-0.2, -0.15) is 0 Å². The molecule has 0 aliphatic rings. The molecule has 2 atom stereocenters. The van der Waals surface area contributed by atoms with Crippen molar-refractivity contribution >= 4 is 8.53 Å². The van der Waals surface area contributed by atoms with Gasteiger partial charge in [-0.25, -0.2) is 4.67 Å². The molecule has 1 aromatic carbocycles. The lowest BCUT2D eigenvalue weighted by atomic mass is 10.1. The summed E-state index contributed by atoms with van der Waals surface area (Å²) in [6, 6.07) is 11.0. The maximum Gasteiger partial charge on any atom is 0.259 e. The molecule has 1 unspecified atom stereocenters. The molecule has 0 saturated heterocycles. The van der Waals surface area contributed by atoms with Crippen LogP contribution in [0.15, 0.2) is 30.3 Å². The average molecular weight is 569 g/mol. The molecule has 0 fully saturated rings. The Hall–Kier alpha value is -0.590. The summed E-state index contributed by atoms with van der Waals surface area (Å²) in [5, 5.41) is 0. The Kier molecular flexibility index (Phi) is 23.5. The fourth-order valence-electron chi connectivity index (χ4n) is 4.54. The summed E-state index contributed by atoms with van der Waals surface area (Å²) in [6.07, 6.45) is 14.6. The molecule has 0 spiro atoms. The predicted octanol–water partition coefficient (Wildman–Crippen LogP) is 8.63. The molecule has 1 aromatic rings. The number of hydrogen-bond donors (Lipinski definition) is 1. The van der Waals surface area contributed by atoms with Crippen LogP contribution in [0.25, 0.3) is 0 Å². The van der Waals surface area contributed by atoms with Gasteiger partial charge in [0, 0.05) is 25.3 Å². The van der Waals surface area contributed by atoms with Crippen molar-refractivity contribution in [1.29, 1.82) is 0 Å². The van der Waals surface area contributed by atoms with E-state index in [1.807, 2.05) is 18.2 Å². The molecule has 2 N–H and O–H groups in total. The Morgan fingerprint density at radius 2 is 1.31 bits per heavy atom. The summed E-state index contributed by atoms with van der Waals surface area (Å²) in [6.45, 7) is 15.0. The SMILES string of the molecule is CCCCCCCCO[C@@H](COCCCCCCCCN)COP(OCc1ccccc1)N(C(C)C)C(C)C. The standard InChI is InChI=1S/C32H61N2O4P/c1-6-7-8-9-14-20-25-36-32(27-35-24-19-13-11-10-12-18-23-33)28-38-39(34(29(2)3)30(4)5)37-26-31-21-16-15-17-22-31/h15-17,21-22,29-30,32H,6-14,18-20,23-28,33H2,1-5H3/t32-,39?/m0/s1. The highest BCUT2D eigenvalue weighted by molar-refractivity contribution is 7.44. The molecule has 0 radical (unpaired) electrons. The minimum Gasteiger partial charge on any atom is -0.379 e. The minimum atomic E-state index is -1.23. The molecule has 0 aliphatic heterocycles. The zero-order valence-electron chi connectivity index (χ0n) is 26.0. The number of rotatable bonds is 27. The van der Waals surface area contributed by atoms with Gasteiger partial charge in [0.25, 0.3) is 8.53 Å². The molecule has 0 aliphatic carbocycles. The molecule has 0 saturated carbocycles. The normalized spacial score (nSPS) is 13.6. The third-order valence-electron chi connectivity index (χ3n) is 6.70. The summed E-state index contributed by atoms with van der Waals surface area (Å²) in [4.78, 5) is 0. The molecule has 7 heteroatoms. The first-order valence-corrected chi connectivity index (χ1v) is 16.9. The van der Waals surface area contributed by atoms with Crippen molar-refractivity contribution in [3.8, 4) is 0 Å². The van der Waals surface area contributed by atoms with Gasteiger partial charge < -0.3 is 24.3 Å². The maximum atomic E-state index is 6.51. The van der Waals surface area contributed by atoms with Gasteiger partial charge in [-0.05, 0) is 59.1 Å². The lowest BCUT2D eigenvalue weighted by Gasteiger charge is -2.36. The van der Waals surface area contributed by atoms with Crippen molar-refractivity contribution in [1.82, 2.24) is 4.67 Å². The molecular weight excluding hydrogens is 507 g/mol. The van der Waals surface area contributed by atoms with Gasteiger partial charge in [-0.1, -0.05) is 95.0 Å². The van der Waals surface area contributed by atoms with Crippen molar-refractivity contribution in [2.24, 2.45) is 5.73 Å². The van der Waals surface area contributed by atoms with Crippen LogP contribution in [-0.2, 0) is 25.1 Å². The van der Waals surface area contributed by atoms with E-state index in [1.54, 1.807) is 0 Å². The molecule has 228 valence electrons. The number of nitrogens with zero attached hydrogens (tertiary/aromatic N) is 1. The highest BCUT2D eigenvalue weighted by Gasteiger charge is 2.28. The molecule has 0 heterocycles. The lowest BCUT2D eigenvalue weighted by Crippen LogP contribution is -2.35. The van der Waals surface area contributed by atoms with Crippen LogP contribution in [0.4, 0.5) is 0 Å². The van der Waals surface area contributed by atoms with E-state index in [1.165, 1.54) is 57.8 Å². The monoisotopic (exact) mass is 568 g/mol. The van der Waals surface area contributed by atoms with Gasteiger partial charge >= 0.3 is 0 Å². The number of unbranched alkanes of at least 4 members (excludes halogenated alkanes) is 10. The van der Waals surface area contributed by atoms with Gasteiger partial charge in [0.2, 0.25) is 0 Å². The van der Waals surface area contributed by atoms with Gasteiger partial charge in [0.05, 0.1) is 19.8 Å². The third kappa shape index (κ3) is 19.2. The highest BCUT2D eigenvalue weighted by atomic mass is 31.2. The minimum absolute atomic E-state index is 0.0864. The van der Waals surface area contributed by atoms with Gasteiger partial charge in [-0.15, -0.1) is 0 Å². The molecule has 1 rings (SSSR count). The van der Waals surface area contributed by atoms with Gasteiger partial charge in [-0.3, -0.25) is 0 Å². The Bertz CT molecular complexity index is 642. The molecule has 0 aromatic heterocycles. The lowest BCUT2D eigenvalue weighted by molar-refractivity contribution is -0.0414. The highest BCUT2D eigenvalue weighted by Crippen LogP contribution is 2.46. The Morgan fingerprint density at radius 3 is 1.92 bits per heavy atom. The molecule has 0 bridgehead atoms. The summed E-state index contributed by atoms with van der Waals surface area (Å²) in [5.74, 6) is 0. The fourth-order valence-corrected chi connectivity index (χ4v) is 6.19. The van der Waals surface area contributed by atoms with Crippen LogP contribution in [0.3, 0.4) is 0 Å². The molecule has 6 nitrogen and oxygen atoms in total. The van der Waals surface area contributed by atoms with Crippen LogP contribution in [0.2, 0.25) is 0 Å². The molecular formula is C32H61N2O4P. The number of ether oxygens (including phenoxy) is 2. The Morgan fingerprint density at radius 1 is 0.718 bits per heavy atom. The number of nitrogens with two attached hydrogens (primary N) is 1. The Balaban J connectivity index is 2.62. The summed E-state index contributed by atoms with van der Waals surface area (Å²) in [7, 11) is -1.23. The predicted molar refractivity (Wildman–Crippen MR) is 167 cm³/mol. The Labute approximate surface area is 242 Å². The summed E-state index contributed by atoms with van der Waals surface area (Å²) in [5.41, 5.74) is 6.74. The van der Waals surface area contributed by atoms with E-state index in [-0.39, 0.29) is 6.10 Å². The second-order valence-corrected chi connectivity index (χ2v) is 12.6. The zero-order chi connectivity index (χ0) is 28.6. The molecule has 0 amide bonds. The third-order valence-corrected chi connectivity index (χ3v) is 8.72. The van der Waals surface area contributed by atoms with Crippen molar-refractivity contribution in [2.45, 2.75) is 136 Å². The maximum absolute atomic E-state index is 6.51. The zero-order valence-corrected chi connectivity index (χ0v) is 26.8. The van der Waals surface area contributed by atoms with Crippen LogP contribution in [0.1, 0.15) is 117 Å². The van der Waals surface area contributed by atoms with Crippen LogP contribution < -0.4 is 5.73 Å². The van der Waals surface area contributed by atoms with E-state index in [0.717, 1.165) is 44.6 Å². The smallest absolute Gasteiger partial charge is 0.259 e. The van der Waals surface area contributed by atoms with Crippen molar-refractivity contribution in [3.05, 3.63) is 35.9 Å². The average Bonchev–Trinajstić information content (AvgIpc) is 2.92. The van der Waals surface area contributed by atoms with Crippen LogP contribution >= 0.6 is 8.53 Å². The van der Waals surface area contributed by atoms with Crippen molar-refractivity contribution in [3.63, 3.8) is 0 Å². The van der Waals surface area contributed by atoms with E-state index in [0.29, 0.717) is 31.9 Å². The van der Waals surface area contributed by atoms with Crippen LogP contribution in [0.5, 0.6) is 0 Å². The number of hydrogen-bond acceptors (Lipinski definition) is 6. The first-order valence-electron chi connectivity index (χ1n) is 15.8. The second kappa shape index (κ2) is 25.1. The first-order chi connectivity index (χ1) is 19.0. The van der Waals surface area contributed by atoms with E-state index >= 15 is 0 Å². The van der Waals surface area contributed by atoms with Crippen molar-refractivity contribution in [2.75, 3.05) is 33.0 Å². The van der Waals surface area contributed by atoms with E-state index < -0.39 is 8.53 Å². The summed E-state index contributed by atoms with van der Waals surface area (Å²) >= 11 is 0. The second-order valence-electron chi connectivity index (χ2n) is 11.1. The van der Waals surface area contributed by atoms with E-state index in [2.05, 4.69) is 51.4 Å². The largest absolute Gasteiger partial charge is 0.379 e. The first kappa shape index (κ1) is 36.4. The van der Waals surface area contributed by atoms with Crippen LogP contribution in [0, 0.1) is 0 Å².